The van der Waals surface area contributed by atoms with Gasteiger partial charge in [-0.15, -0.1) is 0 Å². The van der Waals surface area contributed by atoms with Crippen LogP contribution in [0, 0.1) is 0 Å². The highest BCUT2D eigenvalue weighted by Gasteiger charge is 2.50. The first-order valence-electron chi connectivity index (χ1n) is 12.5. The standard InChI is InChI=1S/C27H31N3O5Si.ClH/c1-5-27(35-23(31)13-28)20-12-22-24-18(14-30(22)25(32)19(20)15-34-26(27)33)16(10-11-36(2,3)4)17-8-6-7-9-21(17)29-24;/h6-9,12H,5,10-11,13-15,28H2,1-4H3;1H. The van der Waals surface area contributed by atoms with Gasteiger partial charge in [0.25, 0.3) is 5.56 Å². The molecule has 3 N–H and O–H groups in total. The number of aromatic nitrogens is 2. The lowest BCUT2D eigenvalue weighted by molar-refractivity contribution is -0.361. The predicted molar refractivity (Wildman–Crippen MR) is 138 cm³/mol. The molecule has 2 aromatic heterocycles. The number of carbonyl (C=O) groups excluding carboxylic acids is 2. The maximum atomic E-state index is 13.8. The van der Waals surface area contributed by atoms with E-state index < -0.39 is 25.6 Å². The minimum Gasteiger partial charge on any atom is -1.00 e. The first kappa shape index (κ1) is 27.0. The lowest BCUT2D eigenvalue weighted by Crippen LogP contribution is -3.00. The van der Waals surface area contributed by atoms with Gasteiger partial charge in [0.1, 0.15) is 6.61 Å². The molecule has 1 atom stereocenters. The second kappa shape index (κ2) is 9.70. The van der Waals surface area contributed by atoms with Gasteiger partial charge in [-0.25, -0.2) is 14.6 Å². The fraction of sp³-hybridized carbons (Fsp3) is 0.407. The van der Waals surface area contributed by atoms with Crippen LogP contribution >= 0.6 is 0 Å². The molecule has 8 nitrogen and oxygen atoms in total. The van der Waals surface area contributed by atoms with Crippen molar-refractivity contribution in [2.24, 2.45) is 0 Å². The number of aryl methyl sites for hydroxylation is 1. The highest BCUT2D eigenvalue weighted by Crippen LogP contribution is 2.42. The van der Waals surface area contributed by atoms with Crippen molar-refractivity contribution in [2.45, 2.75) is 64.2 Å². The number of carbonyl (C=O) groups is 2. The molecule has 1 aromatic carbocycles. The van der Waals surface area contributed by atoms with Crippen LogP contribution in [0.15, 0.2) is 35.1 Å². The number of nitrogens with zero attached hydrogens (tertiary/aromatic N) is 2. The number of quaternary nitrogens is 1. The average Bonchev–Trinajstić information content (AvgIpc) is 3.21. The van der Waals surface area contributed by atoms with Gasteiger partial charge in [-0.2, -0.15) is 0 Å². The summed E-state index contributed by atoms with van der Waals surface area (Å²) in [6.07, 6.45) is 1.07. The second-order valence-electron chi connectivity index (χ2n) is 10.8. The minimum atomic E-state index is -1.67. The van der Waals surface area contributed by atoms with Crippen molar-refractivity contribution in [1.82, 2.24) is 9.55 Å². The van der Waals surface area contributed by atoms with Gasteiger partial charge in [0.05, 0.1) is 29.0 Å². The van der Waals surface area contributed by atoms with Gasteiger partial charge in [-0.1, -0.05) is 50.8 Å². The van der Waals surface area contributed by atoms with Crippen LogP contribution in [-0.2, 0) is 44.2 Å². The summed E-state index contributed by atoms with van der Waals surface area (Å²) >= 11 is 0. The molecule has 0 spiro atoms. The zero-order chi connectivity index (χ0) is 25.8. The SMILES string of the molecule is CCC1(OC(=O)C[NH3+])C(=O)OCc2c1cc1n(c2=O)Cc2c-1nc1ccccc1c2CC[Si](C)(C)C.[Cl-]. The number of hydrogen-bond donors (Lipinski definition) is 1. The summed E-state index contributed by atoms with van der Waals surface area (Å²) in [6.45, 7) is 8.96. The maximum absolute atomic E-state index is 13.8. The van der Waals surface area contributed by atoms with E-state index >= 15 is 0 Å². The molecule has 0 radical (unpaired) electrons. The van der Waals surface area contributed by atoms with Gasteiger partial charge in [0, 0.05) is 24.6 Å². The van der Waals surface area contributed by atoms with Crippen LogP contribution in [0.4, 0.5) is 0 Å². The molecule has 0 fully saturated rings. The van der Waals surface area contributed by atoms with Crippen molar-refractivity contribution in [1.29, 1.82) is 0 Å². The van der Waals surface area contributed by atoms with Crippen LogP contribution in [-0.4, -0.2) is 36.1 Å². The molecule has 196 valence electrons. The molecular weight excluding hydrogens is 510 g/mol. The van der Waals surface area contributed by atoms with Crippen LogP contribution in [0.25, 0.3) is 22.3 Å². The molecule has 0 amide bonds. The van der Waals surface area contributed by atoms with Gasteiger partial charge in [0.15, 0.2) is 6.54 Å². The number of ether oxygens (including phenoxy) is 2. The van der Waals surface area contributed by atoms with Crippen molar-refractivity contribution in [3.05, 3.63) is 62.9 Å². The second-order valence-corrected chi connectivity index (χ2v) is 16.4. The first-order chi connectivity index (χ1) is 17.1. The van der Waals surface area contributed by atoms with Crippen LogP contribution in [0.5, 0.6) is 0 Å². The summed E-state index contributed by atoms with van der Waals surface area (Å²) in [4.78, 5) is 44.0. The fourth-order valence-electron chi connectivity index (χ4n) is 5.30. The molecule has 0 saturated heterocycles. The molecule has 0 bridgehead atoms. The van der Waals surface area contributed by atoms with Gasteiger partial charge in [0.2, 0.25) is 5.60 Å². The molecular formula is C27H32ClN3O5Si. The van der Waals surface area contributed by atoms with Crippen LogP contribution in [0.3, 0.4) is 0 Å². The van der Waals surface area contributed by atoms with E-state index in [0.29, 0.717) is 23.4 Å². The number of para-hydroxylation sites is 1. The lowest BCUT2D eigenvalue weighted by Gasteiger charge is -2.35. The Kier molecular flexibility index (Phi) is 7.09. The maximum Gasteiger partial charge on any atom is 0.363 e. The lowest BCUT2D eigenvalue weighted by atomic mass is 9.85. The van der Waals surface area contributed by atoms with Gasteiger partial charge in [-0.3, -0.25) is 4.79 Å². The van der Waals surface area contributed by atoms with Crippen molar-refractivity contribution in [2.75, 3.05) is 6.54 Å². The van der Waals surface area contributed by atoms with Gasteiger partial charge >= 0.3 is 11.9 Å². The third kappa shape index (κ3) is 4.39. The summed E-state index contributed by atoms with van der Waals surface area (Å²) in [6, 6.07) is 11.0. The summed E-state index contributed by atoms with van der Waals surface area (Å²) < 4.78 is 12.7. The Hall–Kier alpha value is -3.01. The third-order valence-electron chi connectivity index (χ3n) is 7.30. The Labute approximate surface area is 222 Å². The van der Waals surface area contributed by atoms with E-state index in [9.17, 15) is 14.4 Å². The smallest absolute Gasteiger partial charge is 0.363 e. The largest absolute Gasteiger partial charge is 1.00 e. The topological polar surface area (TPSA) is 115 Å². The quantitative estimate of drug-likeness (QED) is 0.266. The summed E-state index contributed by atoms with van der Waals surface area (Å²) in [7, 11) is -1.32. The monoisotopic (exact) mass is 541 g/mol. The Morgan fingerprint density at radius 3 is 2.62 bits per heavy atom. The van der Waals surface area contributed by atoms with E-state index in [0.717, 1.165) is 34.6 Å². The molecule has 37 heavy (non-hydrogen) atoms. The summed E-state index contributed by atoms with van der Waals surface area (Å²) in [5.74, 6) is -1.29. The molecule has 2 aliphatic heterocycles. The Morgan fingerprint density at radius 2 is 1.95 bits per heavy atom. The number of hydrogen-bond acceptors (Lipinski definition) is 6. The fourth-order valence-corrected chi connectivity index (χ4v) is 6.30. The average molecular weight is 542 g/mol. The zero-order valence-corrected chi connectivity index (χ0v) is 23.4. The molecule has 3 aromatic rings. The summed E-state index contributed by atoms with van der Waals surface area (Å²) in [5, 5.41) is 1.12. The van der Waals surface area contributed by atoms with Gasteiger partial charge < -0.3 is 32.2 Å². The number of halogens is 1. The Balaban J connectivity index is 0.00000320. The molecule has 1 unspecified atom stereocenters. The normalized spacial score (nSPS) is 17.9. The first-order valence-corrected chi connectivity index (χ1v) is 16.2. The Bertz CT molecular complexity index is 1480. The number of esters is 2. The van der Waals surface area contributed by atoms with Gasteiger partial charge in [-0.05, 0) is 30.5 Å². The minimum absolute atomic E-state index is 0. The van der Waals surface area contributed by atoms with E-state index in [1.807, 2.05) is 24.3 Å². The highest BCUT2D eigenvalue weighted by atomic mass is 35.5. The van der Waals surface area contributed by atoms with Crippen molar-refractivity contribution in [3.63, 3.8) is 0 Å². The molecule has 4 heterocycles. The van der Waals surface area contributed by atoms with E-state index in [2.05, 4.69) is 31.4 Å². The van der Waals surface area contributed by atoms with Crippen LogP contribution < -0.4 is 23.7 Å². The van der Waals surface area contributed by atoms with Crippen LogP contribution in [0.2, 0.25) is 25.7 Å². The molecule has 10 heteroatoms. The van der Waals surface area contributed by atoms with E-state index in [4.69, 9.17) is 14.5 Å². The number of fused-ring (bicyclic) bond motifs is 5. The van der Waals surface area contributed by atoms with Crippen molar-refractivity contribution < 1.29 is 37.2 Å². The molecule has 5 rings (SSSR count). The predicted octanol–water partition coefficient (Wildman–Crippen LogP) is -0.243. The zero-order valence-electron chi connectivity index (χ0n) is 21.7. The third-order valence-corrected chi connectivity index (χ3v) is 9.05. The van der Waals surface area contributed by atoms with Crippen molar-refractivity contribution >= 4 is 30.9 Å². The highest BCUT2D eigenvalue weighted by molar-refractivity contribution is 6.76. The number of cyclic esters (lactones) is 1. The molecule has 0 aliphatic carbocycles. The Morgan fingerprint density at radius 1 is 1.22 bits per heavy atom. The van der Waals surface area contributed by atoms with E-state index in [1.165, 1.54) is 5.56 Å². The van der Waals surface area contributed by atoms with E-state index in [1.54, 1.807) is 11.5 Å². The van der Waals surface area contributed by atoms with Crippen molar-refractivity contribution in [3.8, 4) is 11.4 Å². The van der Waals surface area contributed by atoms with Crippen LogP contribution in [0.1, 0.15) is 35.6 Å². The molecule has 0 saturated carbocycles. The molecule has 2 aliphatic rings. The number of benzene rings is 1. The van der Waals surface area contributed by atoms with E-state index in [-0.39, 0.29) is 37.5 Å². The summed E-state index contributed by atoms with van der Waals surface area (Å²) in [5.41, 5.74) is 6.97. The number of rotatable bonds is 6. The number of pyridine rings is 2.